The molecule has 0 amide bonds. The number of ether oxygens (including phenoxy) is 1. The minimum Gasteiger partial charge on any atom is -0.394 e. The number of hydrogen-bond donors (Lipinski definition) is 4. The molecular formula is C13H19N5O4S2. The summed E-state index contributed by atoms with van der Waals surface area (Å²) in [6.07, 6.45) is 0.392. The van der Waals surface area contributed by atoms with Crippen molar-refractivity contribution in [3.8, 4) is 0 Å². The molecule has 0 spiro atoms. The lowest BCUT2D eigenvalue weighted by Crippen LogP contribution is -2.42. The maximum absolute atomic E-state index is 11.9. The topological polar surface area (TPSA) is 139 Å². The number of fused-ring (bicyclic) bond motifs is 1. The standard InChI is InChI=1S/C13H19N5O4S2/c1-2-23-24-5-13(21)3-8(22-7(13)4-19)18-6-15-9-10(18)16-12(14)17-11(9)20/h6-8,19,21H,2-5H2,1H3,(H3,14,16,17,20)/t7-,8-,13-/m1/s1. The molecule has 24 heavy (non-hydrogen) atoms. The largest absolute Gasteiger partial charge is 0.394 e. The number of imidazole rings is 1. The van der Waals surface area contributed by atoms with E-state index in [4.69, 9.17) is 10.5 Å². The van der Waals surface area contributed by atoms with Crippen LogP contribution in [0.5, 0.6) is 0 Å². The number of aliphatic hydroxyl groups excluding tert-OH is 1. The van der Waals surface area contributed by atoms with Crippen molar-refractivity contribution >= 4 is 38.7 Å². The van der Waals surface area contributed by atoms with E-state index in [2.05, 4.69) is 15.0 Å². The highest BCUT2D eigenvalue weighted by molar-refractivity contribution is 8.76. The first-order valence-corrected chi connectivity index (χ1v) is 9.92. The second-order valence-electron chi connectivity index (χ2n) is 5.51. The molecule has 0 saturated carbocycles. The predicted molar refractivity (Wildman–Crippen MR) is 93.7 cm³/mol. The number of nitrogens with zero attached hydrogens (tertiary/aromatic N) is 3. The van der Waals surface area contributed by atoms with Crippen molar-refractivity contribution in [3.63, 3.8) is 0 Å². The van der Waals surface area contributed by atoms with Crippen molar-refractivity contribution in [1.29, 1.82) is 0 Å². The fourth-order valence-corrected chi connectivity index (χ4v) is 4.83. The molecular weight excluding hydrogens is 354 g/mol. The van der Waals surface area contributed by atoms with Gasteiger partial charge in [0.2, 0.25) is 5.95 Å². The SMILES string of the molecule is CCSSC[C@]1(O)C[C@H](n2cnc3c(=O)[nH]c(N)nc32)O[C@@H]1CO. The first kappa shape index (κ1) is 17.5. The van der Waals surface area contributed by atoms with Gasteiger partial charge in [0.15, 0.2) is 11.2 Å². The lowest BCUT2D eigenvalue weighted by Gasteiger charge is -2.25. The number of aromatic amines is 1. The summed E-state index contributed by atoms with van der Waals surface area (Å²) in [5, 5.41) is 20.4. The monoisotopic (exact) mass is 373 g/mol. The number of nitrogen functional groups attached to an aromatic ring is 1. The molecule has 1 aliphatic heterocycles. The quantitative estimate of drug-likeness (QED) is 0.410. The zero-order valence-electron chi connectivity index (χ0n) is 13.0. The van der Waals surface area contributed by atoms with Crippen molar-refractivity contribution in [2.24, 2.45) is 0 Å². The van der Waals surface area contributed by atoms with Crippen molar-refractivity contribution in [2.45, 2.75) is 31.3 Å². The molecule has 2 aromatic heterocycles. The van der Waals surface area contributed by atoms with Gasteiger partial charge in [-0.05, 0) is 0 Å². The maximum Gasteiger partial charge on any atom is 0.280 e. The van der Waals surface area contributed by atoms with E-state index in [0.29, 0.717) is 5.75 Å². The molecule has 9 nitrogen and oxygen atoms in total. The number of nitrogens with two attached hydrogens (primary N) is 1. The molecule has 0 aromatic carbocycles. The number of rotatable bonds is 6. The highest BCUT2D eigenvalue weighted by Crippen LogP contribution is 2.41. The van der Waals surface area contributed by atoms with Gasteiger partial charge in [-0.3, -0.25) is 14.3 Å². The molecule has 0 aliphatic carbocycles. The van der Waals surface area contributed by atoms with Gasteiger partial charge < -0.3 is 20.7 Å². The third-order valence-corrected chi connectivity index (χ3v) is 6.47. The summed E-state index contributed by atoms with van der Waals surface area (Å²) in [7, 11) is 3.17. The van der Waals surface area contributed by atoms with Gasteiger partial charge in [0.1, 0.15) is 17.9 Å². The van der Waals surface area contributed by atoms with Gasteiger partial charge in [0.25, 0.3) is 5.56 Å². The Balaban J connectivity index is 1.90. The fourth-order valence-electron chi connectivity index (χ4n) is 2.71. The molecule has 1 saturated heterocycles. The van der Waals surface area contributed by atoms with Gasteiger partial charge in [-0.2, -0.15) is 4.98 Å². The van der Waals surface area contributed by atoms with Crippen LogP contribution in [0, 0.1) is 0 Å². The van der Waals surface area contributed by atoms with Gasteiger partial charge in [-0.1, -0.05) is 28.5 Å². The first-order chi connectivity index (χ1) is 11.5. The van der Waals surface area contributed by atoms with Crippen LogP contribution in [-0.2, 0) is 4.74 Å². The first-order valence-electron chi connectivity index (χ1n) is 7.44. The second kappa shape index (κ2) is 6.92. The zero-order valence-corrected chi connectivity index (χ0v) is 14.6. The van der Waals surface area contributed by atoms with E-state index >= 15 is 0 Å². The van der Waals surface area contributed by atoms with Gasteiger partial charge in [-0.25, -0.2) is 4.98 Å². The Kier molecular flexibility index (Phi) is 5.06. The Morgan fingerprint density at radius 1 is 1.58 bits per heavy atom. The summed E-state index contributed by atoms with van der Waals surface area (Å²) in [5.41, 5.74) is 4.43. The minimum absolute atomic E-state index is 0.0175. The van der Waals surface area contributed by atoms with E-state index in [-0.39, 0.29) is 30.1 Å². The summed E-state index contributed by atoms with van der Waals surface area (Å²) in [6, 6.07) is 0. The third-order valence-electron chi connectivity index (χ3n) is 3.89. The van der Waals surface area contributed by atoms with Crippen LogP contribution in [0.1, 0.15) is 19.6 Å². The van der Waals surface area contributed by atoms with Crippen LogP contribution in [0.25, 0.3) is 11.2 Å². The summed E-state index contributed by atoms with van der Waals surface area (Å²) in [6.45, 7) is 1.73. The second-order valence-corrected chi connectivity index (χ2v) is 8.27. The lowest BCUT2D eigenvalue weighted by atomic mass is 9.98. The Morgan fingerprint density at radius 2 is 2.38 bits per heavy atom. The number of H-pyrrole nitrogens is 1. The molecule has 3 heterocycles. The normalized spacial score (nSPS) is 27.1. The number of nitrogens with one attached hydrogen (secondary N) is 1. The average molecular weight is 373 g/mol. The van der Waals surface area contributed by atoms with E-state index < -0.39 is 23.5 Å². The van der Waals surface area contributed by atoms with Crippen LogP contribution in [0.4, 0.5) is 5.95 Å². The van der Waals surface area contributed by atoms with Crippen molar-refractivity contribution < 1.29 is 14.9 Å². The maximum atomic E-state index is 11.9. The third kappa shape index (κ3) is 3.14. The van der Waals surface area contributed by atoms with Crippen molar-refractivity contribution in [2.75, 3.05) is 23.8 Å². The van der Waals surface area contributed by atoms with Crippen LogP contribution < -0.4 is 11.3 Å². The molecule has 11 heteroatoms. The van der Waals surface area contributed by atoms with Crippen molar-refractivity contribution in [3.05, 3.63) is 16.7 Å². The number of hydrogen-bond acceptors (Lipinski definition) is 9. The Bertz CT molecular complexity index is 781. The minimum atomic E-state index is -1.17. The smallest absolute Gasteiger partial charge is 0.280 e. The number of aromatic nitrogens is 4. The Labute approximate surface area is 145 Å². The predicted octanol–water partition coefficient (Wildman–Crippen LogP) is 0.114. The Hall–Kier alpha value is -1.27. The molecule has 2 aromatic rings. The van der Waals surface area contributed by atoms with Crippen LogP contribution in [-0.4, -0.2) is 59.5 Å². The van der Waals surface area contributed by atoms with Crippen LogP contribution in [0.15, 0.2) is 11.1 Å². The van der Waals surface area contributed by atoms with E-state index in [1.165, 1.54) is 17.1 Å². The lowest BCUT2D eigenvalue weighted by molar-refractivity contribution is -0.0719. The number of anilines is 1. The molecule has 0 unspecified atom stereocenters. The fraction of sp³-hybridized carbons (Fsp3) is 0.615. The average Bonchev–Trinajstić information content (AvgIpc) is 3.09. The molecule has 3 rings (SSSR count). The number of aliphatic hydroxyl groups is 2. The highest BCUT2D eigenvalue weighted by atomic mass is 33.1. The molecule has 132 valence electrons. The molecule has 0 radical (unpaired) electrons. The van der Waals surface area contributed by atoms with E-state index in [0.717, 1.165) is 5.75 Å². The van der Waals surface area contributed by atoms with E-state index in [1.807, 2.05) is 6.92 Å². The van der Waals surface area contributed by atoms with Gasteiger partial charge in [0, 0.05) is 17.9 Å². The van der Waals surface area contributed by atoms with E-state index in [9.17, 15) is 15.0 Å². The van der Waals surface area contributed by atoms with Crippen LogP contribution in [0.2, 0.25) is 0 Å². The molecule has 1 aliphatic rings. The van der Waals surface area contributed by atoms with Crippen LogP contribution >= 0.6 is 21.6 Å². The summed E-state index contributed by atoms with van der Waals surface area (Å²) >= 11 is 0. The zero-order chi connectivity index (χ0) is 17.3. The molecule has 1 fully saturated rings. The summed E-state index contributed by atoms with van der Waals surface area (Å²) in [5.74, 6) is 1.33. The molecule has 5 N–H and O–H groups in total. The highest BCUT2D eigenvalue weighted by Gasteiger charge is 2.48. The summed E-state index contributed by atoms with van der Waals surface area (Å²) < 4.78 is 7.37. The molecule has 3 atom stereocenters. The summed E-state index contributed by atoms with van der Waals surface area (Å²) in [4.78, 5) is 22.4. The van der Waals surface area contributed by atoms with Gasteiger partial charge in [0.05, 0.1) is 12.9 Å². The Morgan fingerprint density at radius 3 is 3.08 bits per heavy atom. The van der Waals surface area contributed by atoms with Gasteiger partial charge in [-0.15, -0.1) is 0 Å². The van der Waals surface area contributed by atoms with E-state index in [1.54, 1.807) is 15.4 Å². The van der Waals surface area contributed by atoms with Crippen molar-refractivity contribution in [1.82, 2.24) is 19.5 Å². The van der Waals surface area contributed by atoms with Gasteiger partial charge >= 0.3 is 0 Å². The molecule has 0 bridgehead atoms. The van der Waals surface area contributed by atoms with Crippen LogP contribution in [0.3, 0.4) is 0 Å².